The summed E-state index contributed by atoms with van der Waals surface area (Å²) in [6.07, 6.45) is -0.938. The first kappa shape index (κ1) is 20.0. The number of phosphoric ester groups is 1. The Morgan fingerprint density at radius 1 is 1.00 bits per heavy atom. The number of nitrogens with zero attached hydrogens (tertiary/aromatic N) is 1. The zero-order valence-electron chi connectivity index (χ0n) is 13.9. The summed E-state index contributed by atoms with van der Waals surface area (Å²) in [4.78, 5) is 0. The topological polar surface area (TPSA) is 67.9 Å². The van der Waals surface area contributed by atoms with Gasteiger partial charge in [-0.3, -0.25) is 13.6 Å². The third-order valence-electron chi connectivity index (χ3n) is 2.42. The van der Waals surface area contributed by atoms with E-state index in [4.69, 9.17) is 13.6 Å². The molecule has 0 spiro atoms. The Labute approximate surface area is 123 Å². The van der Waals surface area contributed by atoms with Crippen molar-refractivity contribution in [2.45, 2.75) is 67.2 Å². The van der Waals surface area contributed by atoms with Crippen molar-refractivity contribution in [1.29, 1.82) is 0 Å². The molecule has 0 saturated carbocycles. The molecule has 0 saturated heterocycles. The summed E-state index contributed by atoms with van der Waals surface area (Å²) in [6, 6.07) is 0. The molecule has 0 aliphatic heterocycles. The van der Waals surface area contributed by atoms with Gasteiger partial charge in [0.25, 0.3) is 0 Å². The Kier molecular flexibility index (Phi) is 7.35. The van der Waals surface area contributed by atoms with E-state index in [0.717, 1.165) is 5.06 Å². The second kappa shape index (κ2) is 7.34. The Morgan fingerprint density at radius 2 is 1.40 bits per heavy atom. The Bertz CT molecular complexity index is 325. The predicted octanol–water partition coefficient (Wildman–Crippen LogP) is 4.00. The summed E-state index contributed by atoms with van der Waals surface area (Å²) in [7, 11) is -3.74. The molecule has 0 aromatic rings. The van der Waals surface area contributed by atoms with Crippen LogP contribution in [0.1, 0.15) is 55.4 Å². The quantitative estimate of drug-likeness (QED) is 0.404. The van der Waals surface area contributed by atoms with E-state index in [-0.39, 0.29) is 13.2 Å². The highest BCUT2D eigenvalue weighted by Gasteiger charge is 2.43. The molecule has 0 aromatic heterocycles. The lowest BCUT2D eigenvalue weighted by Crippen LogP contribution is -2.51. The van der Waals surface area contributed by atoms with Crippen molar-refractivity contribution < 1.29 is 23.3 Å². The van der Waals surface area contributed by atoms with Gasteiger partial charge in [-0.2, -0.15) is 0 Å². The van der Waals surface area contributed by atoms with Crippen LogP contribution >= 0.6 is 7.82 Å². The molecule has 20 heavy (non-hydrogen) atoms. The average molecular weight is 310 g/mol. The SMILES string of the molecule is CCOP(=O)(OCC)OC(N([O])C(C)(C)C)C(C)(C)C. The Morgan fingerprint density at radius 3 is 1.65 bits per heavy atom. The van der Waals surface area contributed by atoms with Gasteiger partial charge in [0, 0.05) is 11.0 Å². The van der Waals surface area contributed by atoms with Crippen LogP contribution in [0, 0.1) is 5.41 Å². The maximum Gasteiger partial charge on any atom is 0.476 e. The first-order chi connectivity index (χ1) is 8.87. The fourth-order valence-electron chi connectivity index (χ4n) is 1.44. The van der Waals surface area contributed by atoms with E-state index in [0.29, 0.717) is 0 Å². The van der Waals surface area contributed by atoms with Crippen LogP contribution in [0.15, 0.2) is 0 Å². The first-order valence-electron chi connectivity index (χ1n) is 6.91. The van der Waals surface area contributed by atoms with Gasteiger partial charge in [0.1, 0.15) is 0 Å². The predicted molar refractivity (Wildman–Crippen MR) is 77.5 cm³/mol. The van der Waals surface area contributed by atoms with Gasteiger partial charge in [0.2, 0.25) is 0 Å². The van der Waals surface area contributed by atoms with E-state index in [9.17, 15) is 9.77 Å². The fourth-order valence-corrected chi connectivity index (χ4v) is 2.92. The van der Waals surface area contributed by atoms with Crippen LogP contribution in [-0.4, -0.2) is 30.0 Å². The monoisotopic (exact) mass is 310 g/mol. The maximum atomic E-state index is 12.5. The smallest absolute Gasteiger partial charge is 0.287 e. The van der Waals surface area contributed by atoms with Crippen LogP contribution in [0.4, 0.5) is 0 Å². The van der Waals surface area contributed by atoms with E-state index < -0.39 is 25.0 Å². The molecule has 1 radical (unpaired) electrons. The zero-order valence-corrected chi connectivity index (χ0v) is 14.8. The third-order valence-corrected chi connectivity index (χ3v) is 4.03. The highest BCUT2D eigenvalue weighted by molar-refractivity contribution is 7.48. The molecule has 0 fully saturated rings. The molecule has 0 bridgehead atoms. The average Bonchev–Trinajstić information content (AvgIpc) is 2.23. The molecule has 121 valence electrons. The van der Waals surface area contributed by atoms with E-state index >= 15 is 0 Å². The molecule has 0 heterocycles. The number of phosphoric acid groups is 1. The van der Waals surface area contributed by atoms with E-state index in [1.54, 1.807) is 34.6 Å². The molecule has 0 aliphatic rings. The van der Waals surface area contributed by atoms with Crippen LogP contribution in [0.5, 0.6) is 0 Å². The van der Waals surface area contributed by atoms with Crippen LogP contribution < -0.4 is 0 Å². The van der Waals surface area contributed by atoms with Crippen LogP contribution in [-0.2, 0) is 23.3 Å². The minimum Gasteiger partial charge on any atom is -0.287 e. The van der Waals surface area contributed by atoms with Crippen LogP contribution in [0.25, 0.3) is 0 Å². The zero-order chi connectivity index (χ0) is 16.2. The highest BCUT2D eigenvalue weighted by Crippen LogP contribution is 2.53. The van der Waals surface area contributed by atoms with Crippen molar-refractivity contribution in [1.82, 2.24) is 5.06 Å². The van der Waals surface area contributed by atoms with Crippen molar-refractivity contribution in [2.24, 2.45) is 5.41 Å². The summed E-state index contributed by atoms with van der Waals surface area (Å²) in [5, 5.41) is 13.3. The van der Waals surface area contributed by atoms with Crippen molar-refractivity contribution in [3.63, 3.8) is 0 Å². The molecule has 0 N–H and O–H groups in total. The number of hydroxylamine groups is 2. The fraction of sp³-hybridized carbons (Fsp3) is 1.00. The second-order valence-corrected chi connectivity index (χ2v) is 8.22. The molecule has 0 amide bonds. The van der Waals surface area contributed by atoms with E-state index in [1.807, 2.05) is 20.8 Å². The Balaban J connectivity index is 5.31. The van der Waals surface area contributed by atoms with Gasteiger partial charge < -0.3 is 0 Å². The maximum absolute atomic E-state index is 12.5. The summed E-state index contributed by atoms with van der Waals surface area (Å²) < 4.78 is 28.2. The standard InChI is InChI=1S/C13H29NO5P/c1-9-17-20(16,18-10-2)19-11(12(3,4)5)14(15)13(6,7)8/h11H,9-10H2,1-8H3. The van der Waals surface area contributed by atoms with Gasteiger partial charge in [-0.1, -0.05) is 20.8 Å². The van der Waals surface area contributed by atoms with E-state index in [1.165, 1.54) is 0 Å². The summed E-state index contributed by atoms with van der Waals surface area (Å²) in [5.41, 5.74) is -1.22. The van der Waals surface area contributed by atoms with Crippen molar-refractivity contribution >= 4 is 7.82 Å². The first-order valence-corrected chi connectivity index (χ1v) is 8.37. The van der Waals surface area contributed by atoms with Gasteiger partial charge in [0.05, 0.1) is 13.2 Å². The normalized spacial score (nSPS) is 15.7. The van der Waals surface area contributed by atoms with Crippen molar-refractivity contribution in [3.05, 3.63) is 0 Å². The summed E-state index contributed by atoms with van der Waals surface area (Å²) in [6.45, 7) is 14.6. The third kappa shape index (κ3) is 6.20. The van der Waals surface area contributed by atoms with Crippen molar-refractivity contribution in [3.8, 4) is 0 Å². The highest BCUT2D eigenvalue weighted by atomic mass is 31.2. The van der Waals surface area contributed by atoms with Crippen LogP contribution in [0.3, 0.4) is 0 Å². The van der Waals surface area contributed by atoms with E-state index in [2.05, 4.69) is 0 Å². The van der Waals surface area contributed by atoms with Crippen molar-refractivity contribution in [2.75, 3.05) is 13.2 Å². The van der Waals surface area contributed by atoms with Gasteiger partial charge in [-0.05, 0) is 34.6 Å². The lowest BCUT2D eigenvalue weighted by Gasteiger charge is -2.41. The van der Waals surface area contributed by atoms with Gasteiger partial charge in [0.15, 0.2) is 6.23 Å². The second-order valence-electron chi connectivity index (χ2n) is 6.60. The number of rotatable bonds is 7. The molecule has 0 rings (SSSR count). The molecule has 0 aliphatic carbocycles. The molecule has 0 aromatic carbocycles. The molecular formula is C13H29NO5P. The van der Waals surface area contributed by atoms with Gasteiger partial charge in [-0.25, -0.2) is 4.57 Å². The summed E-state index contributed by atoms with van der Waals surface area (Å²) in [5.74, 6) is 0. The molecule has 1 unspecified atom stereocenters. The van der Waals surface area contributed by atoms with Gasteiger partial charge in [-0.15, -0.1) is 10.3 Å². The minimum absolute atomic E-state index is 0.183. The molecule has 1 atom stereocenters. The lowest BCUT2D eigenvalue weighted by atomic mass is 9.92. The summed E-state index contributed by atoms with van der Waals surface area (Å²) >= 11 is 0. The minimum atomic E-state index is -3.74. The molecular weight excluding hydrogens is 281 g/mol. The van der Waals surface area contributed by atoms with Crippen LogP contribution in [0.2, 0.25) is 0 Å². The Hall–Kier alpha value is 0.0300. The van der Waals surface area contributed by atoms with Gasteiger partial charge >= 0.3 is 7.82 Å². The molecule has 7 heteroatoms. The number of hydrogen-bond acceptors (Lipinski definition) is 5. The largest absolute Gasteiger partial charge is 0.476 e. The molecule has 6 nitrogen and oxygen atoms in total. The lowest BCUT2D eigenvalue weighted by molar-refractivity contribution is -0.305. The number of hydrogen-bond donors (Lipinski definition) is 0.